The molecule has 2 amide bonds. The van der Waals surface area contributed by atoms with Gasteiger partial charge in [-0.05, 0) is 26.0 Å². The number of aryl methyl sites for hydroxylation is 1. The van der Waals surface area contributed by atoms with Crippen LogP contribution in [0.5, 0.6) is 0 Å². The molecule has 3 aromatic rings. The lowest BCUT2D eigenvalue weighted by molar-refractivity contribution is -0.121. The van der Waals surface area contributed by atoms with Crippen molar-refractivity contribution in [2.24, 2.45) is 0 Å². The van der Waals surface area contributed by atoms with Crippen molar-refractivity contribution in [1.29, 1.82) is 0 Å². The minimum atomic E-state index is -0.212. The number of amides is 2. The third kappa shape index (κ3) is 3.74. The maximum atomic E-state index is 13.1. The average Bonchev–Trinajstić information content (AvgIpc) is 2.76. The Bertz CT molecular complexity index is 1040. The van der Waals surface area contributed by atoms with Gasteiger partial charge >= 0.3 is 0 Å². The fourth-order valence-corrected chi connectivity index (χ4v) is 3.54. The van der Waals surface area contributed by atoms with Crippen molar-refractivity contribution in [3.05, 3.63) is 78.1 Å². The summed E-state index contributed by atoms with van der Waals surface area (Å²) in [6, 6.07) is 19.1. The Morgan fingerprint density at radius 1 is 1.03 bits per heavy atom. The van der Waals surface area contributed by atoms with Crippen molar-refractivity contribution < 1.29 is 9.59 Å². The minimum Gasteiger partial charge on any atom is -0.325 e. The zero-order valence-corrected chi connectivity index (χ0v) is 16.4. The molecule has 0 unspecified atom stereocenters. The van der Waals surface area contributed by atoms with Gasteiger partial charge in [-0.2, -0.15) is 0 Å². The second-order valence-electron chi connectivity index (χ2n) is 7.18. The van der Waals surface area contributed by atoms with Crippen LogP contribution in [0.1, 0.15) is 23.0 Å². The summed E-state index contributed by atoms with van der Waals surface area (Å²) in [4.78, 5) is 38.1. The molecule has 0 radical (unpaired) electrons. The van der Waals surface area contributed by atoms with E-state index in [1.54, 1.807) is 22.9 Å². The highest BCUT2D eigenvalue weighted by atomic mass is 16.2. The van der Waals surface area contributed by atoms with Crippen molar-refractivity contribution in [3.8, 4) is 11.4 Å². The summed E-state index contributed by atoms with van der Waals surface area (Å²) in [7, 11) is 0. The van der Waals surface area contributed by atoms with Gasteiger partial charge in [0.05, 0.1) is 11.3 Å². The fourth-order valence-electron chi connectivity index (χ4n) is 3.54. The summed E-state index contributed by atoms with van der Waals surface area (Å²) in [6.07, 6.45) is 1.56. The third-order valence-corrected chi connectivity index (χ3v) is 5.16. The van der Waals surface area contributed by atoms with E-state index in [4.69, 9.17) is 0 Å². The lowest BCUT2D eigenvalue weighted by Gasteiger charge is -2.39. The van der Waals surface area contributed by atoms with Crippen LogP contribution in [0.4, 0.5) is 5.69 Å². The van der Waals surface area contributed by atoms with Crippen LogP contribution >= 0.6 is 0 Å². The molecule has 1 atom stereocenters. The molecular weight excluding hydrogens is 364 g/mol. The van der Waals surface area contributed by atoms with Crippen LogP contribution in [-0.2, 0) is 4.79 Å². The first-order chi connectivity index (χ1) is 14.0. The molecule has 1 fully saturated rings. The first-order valence-corrected chi connectivity index (χ1v) is 9.60. The average molecular weight is 386 g/mol. The molecule has 0 spiro atoms. The SMILES string of the molecule is Cc1nc(-c2ccccc2)ncc1C(=O)N1CC(=O)N(c2ccccc2)C[C@@H]1C. The number of hydrogen-bond donors (Lipinski definition) is 0. The highest BCUT2D eigenvalue weighted by Gasteiger charge is 2.34. The van der Waals surface area contributed by atoms with Crippen molar-refractivity contribution in [2.45, 2.75) is 19.9 Å². The molecule has 6 nitrogen and oxygen atoms in total. The highest BCUT2D eigenvalue weighted by Crippen LogP contribution is 2.22. The van der Waals surface area contributed by atoms with Crippen LogP contribution < -0.4 is 4.90 Å². The summed E-state index contributed by atoms with van der Waals surface area (Å²) < 4.78 is 0. The Balaban J connectivity index is 1.55. The van der Waals surface area contributed by atoms with Crippen LogP contribution in [0.15, 0.2) is 66.9 Å². The molecule has 0 N–H and O–H groups in total. The van der Waals surface area contributed by atoms with E-state index in [0.29, 0.717) is 23.6 Å². The smallest absolute Gasteiger partial charge is 0.258 e. The summed E-state index contributed by atoms with van der Waals surface area (Å²) >= 11 is 0. The van der Waals surface area contributed by atoms with Gasteiger partial charge < -0.3 is 9.80 Å². The number of anilines is 1. The first kappa shape index (κ1) is 18.8. The molecule has 0 bridgehead atoms. The van der Waals surface area contributed by atoms with Gasteiger partial charge in [-0.15, -0.1) is 0 Å². The van der Waals surface area contributed by atoms with Crippen molar-refractivity contribution in [3.63, 3.8) is 0 Å². The lowest BCUT2D eigenvalue weighted by Crippen LogP contribution is -2.57. The number of rotatable bonds is 3. The predicted molar refractivity (Wildman–Crippen MR) is 111 cm³/mol. The largest absolute Gasteiger partial charge is 0.325 e. The zero-order chi connectivity index (χ0) is 20.4. The van der Waals surface area contributed by atoms with Crippen LogP contribution in [0.3, 0.4) is 0 Å². The number of benzene rings is 2. The van der Waals surface area contributed by atoms with Crippen LogP contribution in [0, 0.1) is 6.92 Å². The van der Waals surface area contributed by atoms with Crippen LogP contribution in [0.2, 0.25) is 0 Å². The van der Waals surface area contributed by atoms with Gasteiger partial charge in [0.1, 0.15) is 6.54 Å². The number of para-hydroxylation sites is 1. The lowest BCUT2D eigenvalue weighted by atomic mass is 10.1. The molecule has 6 heteroatoms. The van der Waals surface area contributed by atoms with Crippen molar-refractivity contribution in [2.75, 3.05) is 18.0 Å². The van der Waals surface area contributed by atoms with Gasteiger partial charge in [-0.25, -0.2) is 9.97 Å². The Morgan fingerprint density at radius 2 is 1.69 bits per heavy atom. The molecule has 146 valence electrons. The third-order valence-electron chi connectivity index (χ3n) is 5.16. The van der Waals surface area contributed by atoms with E-state index in [9.17, 15) is 9.59 Å². The minimum absolute atomic E-state index is 0.0365. The zero-order valence-electron chi connectivity index (χ0n) is 16.4. The number of hydrogen-bond acceptors (Lipinski definition) is 4. The quantitative estimate of drug-likeness (QED) is 0.693. The molecule has 1 saturated heterocycles. The molecule has 4 rings (SSSR count). The standard InChI is InChI=1S/C23H22N4O2/c1-16-14-27(19-11-7-4-8-12-19)21(28)15-26(16)23(29)20-13-24-22(25-17(20)2)18-9-5-3-6-10-18/h3-13,16H,14-15H2,1-2H3/t16-/m0/s1. The maximum Gasteiger partial charge on any atom is 0.258 e. The molecule has 0 saturated carbocycles. The summed E-state index contributed by atoms with van der Waals surface area (Å²) in [5, 5.41) is 0. The second kappa shape index (κ2) is 7.83. The monoisotopic (exact) mass is 386 g/mol. The summed E-state index contributed by atoms with van der Waals surface area (Å²) in [5.74, 6) is 0.274. The van der Waals surface area contributed by atoms with E-state index in [2.05, 4.69) is 9.97 Å². The number of carbonyl (C=O) groups excluding carboxylic acids is 2. The van der Waals surface area contributed by atoms with Gasteiger partial charge in [-0.1, -0.05) is 48.5 Å². The molecule has 1 aliphatic heterocycles. The van der Waals surface area contributed by atoms with Gasteiger partial charge in [0, 0.05) is 30.0 Å². The summed E-state index contributed by atoms with van der Waals surface area (Å²) in [5.41, 5.74) is 2.78. The van der Waals surface area contributed by atoms with E-state index in [1.807, 2.05) is 67.6 Å². The van der Waals surface area contributed by atoms with E-state index in [-0.39, 0.29) is 24.4 Å². The van der Waals surface area contributed by atoms with Crippen LogP contribution in [-0.4, -0.2) is 45.8 Å². The molecule has 2 heterocycles. The predicted octanol–water partition coefficient (Wildman–Crippen LogP) is 3.33. The normalized spacial score (nSPS) is 16.8. The number of carbonyl (C=O) groups is 2. The first-order valence-electron chi connectivity index (χ1n) is 9.60. The van der Waals surface area contributed by atoms with Gasteiger partial charge in [-0.3, -0.25) is 9.59 Å². The van der Waals surface area contributed by atoms with Gasteiger partial charge in [0.15, 0.2) is 5.82 Å². The molecule has 2 aromatic carbocycles. The van der Waals surface area contributed by atoms with Crippen LogP contribution in [0.25, 0.3) is 11.4 Å². The second-order valence-corrected chi connectivity index (χ2v) is 7.18. The molecule has 29 heavy (non-hydrogen) atoms. The fraction of sp³-hybridized carbons (Fsp3) is 0.217. The molecule has 1 aromatic heterocycles. The molecule has 1 aliphatic rings. The number of piperazine rings is 1. The molecular formula is C23H22N4O2. The number of nitrogens with zero attached hydrogens (tertiary/aromatic N) is 4. The molecule has 0 aliphatic carbocycles. The van der Waals surface area contributed by atoms with E-state index in [0.717, 1.165) is 11.3 Å². The topological polar surface area (TPSA) is 66.4 Å². The Labute approximate surface area is 169 Å². The van der Waals surface area contributed by atoms with Gasteiger partial charge in [0.2, 0.25) is 5.91 Å². The van der Waals surface area contributed by atoms with Crippen molar-refractivity contribution in [1.82, 2.24) is 14.9 Å². The highest BCUT2D eigenvalue weighted by molar-refractivity contribution is 6.02. The van der Waals surface area contributed by atoms with E-state index >= 15 is 0 Å². The van der Waals surface area contributed by atoms with Gasteiger partial charge in [0.25, 0.3) is 5.91 Å². The number of aromatic nitrogens is 2. The summed E-state index contributed by atoms with van der Waals surface area (Å²) in [6.45, 7) is 4.24. The van der Waals surface area contributed by atoms with E-state index in [1.165, 1.54) is 0 Å². The Hall–Kier alpha value is -3.54. The Morgan fingerprint density at radius 3 is 2.34 bits per heavy atom. The Kier molecular flexibility index (Phi) is 5.08. The maximum absolute atomic E-state index is 13.1. The van der Waals surface area contributed by atoms with E-state index < -0.39 is 0 Å². The van der Waals surface area contributed by atoms with Crippen molar-refractivity contribution >= 4 is 17.5 Å².